The number of hydrogen-bond acceptors (Lipinski definition) is 7. The first kappa shape index (κ1) is 29.9. The van der Waals surface area contributed by atoms with Gasteiger partial charge >= 0.3 is 5.97 Å². The first-order valence-electron chi connectivity index (χ1n) is 13.9. The largest absolute Gasteiger partial charge is 0.497 e. The number of para-hydroxylation sites is 1. The lowest BCUT2D eigenvalue weighted by Gasteiger charge is -2.13. The van der Waals surface area contributed by atoms with Gasteiger partial charge in [0.2, 0.25) is 5.88 Å². The molecule has 1 aromatic heterocycles. The lowest BCUT2D eigenvalue weighted by atomic mass is 10.00. The van der Waals surface area contributed by atoms with Crippen LogP contribution < -0.4 is 24.3 Å². The van der Waals surface area contributed by atoms with Crippen LogP contribution in [0.25, 0.3) is 28.1 Å². The van der Waals surface area contributed by atoms with Crippen molar-refractivity contribution in [3.63, 3.8) is 0 Å². The van der Waals surface area contributed by atoms with Gasteiger partial charge in [-0.15, -0.1) is 0 Å². The van der Waals surface area contributed by atoms with E-state index in [0.717, 1.165) is 16.8 Å². The van der Waals surface area contributed by atoms with Crippen molar-refractivity contribution in [2.75, 3.05) is 26.6 Å². The molecule has 5 rings (SSSR count). The van der Waals surface area contributed by atoms with E-state index in [9.17, 15) is 9.59 Å². The van der Waals surface area contributed by atoms with Gasteiger partial charge in [0.25, 0.3) is 5.91 Å². The van der Waals surface area contributed by atoms with Gasteiger partial charge in [0.15, 0.2) is 0 Å². The fourth-order valence-electron chi connectivity index (χ4n) is 4.94. The van der Waals surface area contributed by atoms with E-state index in [1.807, 2.05) is 56.3 Å². The Hall–Kier alpha value is -5.57. The number of methoxy groups -OCH3 is 3. The molecule has 0 bridgehead atoms. The minimum Gasteiger partial charge on any atom is -0.497 e. The molecule has 0 saturated heterocycles. The standard InChI is InChI=1S/C35H33N3O6/c1-21-11-12-22(2)29(19-21)38-35(44-23(3)39)32(33(37-38)27-18-17-26(41-4)20-31(27)43-6)24-13-15-25(16-14-24)36-34(40)28-9-7-8-10-30(28)42-5/h7-20H,1-6H3,(H,36,40). The predicted molar refractivity (Wildman–Crippen MR) is 169 cm³/mol. The van der Waals surface area contributed by atoms with E-state index in [4.69, 9.17) is 24.0 Å². The van der Waals surface area contributed by atoms with Gasteiger partial charge < -0.3 is 24.3 Å². The number of amides is 1. The molecular weight excluding hydrogens is 558 g/mol. The number of carbonyl (C=O) groups is 2. The fourth-order valence-corrected chi connectivity index (χ4v) is 4.94. The number of nitrogens with zero attached hydrogens (tertiary/aromatic N) is 2. The zero-order valence-electron chi connectivity index (χ0n) is 25.4. The Balaban J connectivity index is 1.68. The molecule has 9 nitrogen and oxygen atoms in total. The normalized spacial score (nSPS) is 10.7. The summed E-state index contributed by atoms with van der Waals surface area (Å²) in [5.41, 5.74) is 6.22. The molecule has 0 spiro atoms. The highest BCUT2D eigenvalue weighted by molar-refractivity contribution is 6.06. The number of esters is 1. The highest BCUT2D eigenvalue weighted by Gasteiger charge is 2.27. The van der Waals surface area contributed by atoms with E-state index in [1.165, 1.54) is 14.0 Å². The maximum Gasteiger partial charge on any atom is 0.309 e. The van der Waals surface area contributed by atoms with Crippen molar-refractivity contribution in [1.82, 2.24) is 9.78 Å². The van der Waals surface area contributed by atoms with Gasteiger partial charge in [0.05, 0.1) is 38.1 Å². The number of hydrogen-bond donors (Lipinski definition) is 1. The third kappa shape index (κ3) is 5.98. The number of ether oxygens (including phenoxy) is 4. The third-order valence-corrected chi connectivity index (χ3v) is 7.12. The van der Waals surface area contributed by atoms with Gasteiger partial charge in [-0.25, -0.2) is 0 Å². The summed E-state index contributed by atoms with van der Waals surface area (Å²) in [4.78, 5) is 25.5. The molecule has 9 heteroatoms. The number of benzene rings is 4. The minimum atomic E-state index is -0.494. The Labute approximate surface area is 256 Å². The molecule has 0 atom stereocenters. The molecule has 0 saturated carbocycles. The van der Waals surface area contributed by atoms with Crippen LogP contribution in [0.5, 0.6) is 23.1 Å². The molecule has 4 aromatic carbocycles. The number of carbonyl (C=O) groups excluding carboxylic acids is 2. The molecule has 44 heavy (non-hydrogen) atoms. The van der Waals surface area contributed by atoms with Gasteiger partial charge in [-0.3, -0.25) is 9.59 Å². The molecule has 0 radical (unpaired) electrons. The van der Waals surface area contributed by atoms with Crippen molar-refractivity contribution < 1.29 is 28.5 Å². The monoisotopic (exact) mass is 591 g/mol. The van der Waals surface area contributed by atoms with Crippen LogP contribution in [0.3, 0.4) is 0 Å². The number of rotatable bonds is 9. The zero-order chi connectivity index (χ0) is 31.4. The van der Waals surface area contributed by atoms with Crippen molar-refractivity contribution in [2.24, 2.45) is 0 Å². The van der Waals surface area contributed by atoms with E-state index in [1.54, 1.807) is 61.4 Å². The average molecular weight is 592 g/mol. The van der Waals surface area contributed by atoms with E-state index >= 15 is 0 Å². The molecule has 1 amide bonds. The summed E-state index contributed by atoms with van der Waals surface area (Å²) in [6, 6.07) is 25.7. The topological polar surface area (TPSA) is 101 Å². The molecule has 1 heterocycles. The molecule has 5 aromatic rings. The van der Waals surface area contributed by atoms with Crippen LogP contribution in [0.15, 0.2) is 84.9 Å². The Morgan fingerprint density at radius 1 is 0.795 bits per heavy atom. The number of aryl methyl sites for hydroxylation is 2. The Morgan fingerprint density at radius 3 is 2.20 bits per heavy atom. The molecular formula is C35H33N3O6. The Morgan fingerprint density at radius 2 is 1.52 bits per heavy atom. The summed E-state index contributed by atoms with van der Waals surface area (Å²) in [5.74, 6) is 1.09. The molecule has 0 aliphatic rings. The van der Waals surface area contributed by atoms with Crippen molar-refractivity contribution in [3.05, 3.63) is 102 Å². The number of aromatic nitrogens is 2. The predicted octanol–water partition coefficient (Wildman–Crippen LogP) is 7.03. The Kier molecular flexibility index (Phi) is 8.66. The summed E-state index contributed by atoms with van der Waals surface area (Å²) >= 11 is 0. The summed E-state index contributed by atoms with van der Waals surface area (Å²) in [7, 11) is 4.68. The highest BCUT2D eigenvalue weighted by Crippen LogP contribution is 2.45. The lowest BCUT2D eigenvalue weighted by molar-refractivity contribution is -0.132. The van der Waals surface area contributed by atoms with Gasteiger partial charge in [-0.2, -0.15) is 9.78 Å². The van der Waals surface area contributed by atoms with E-state index in [0.29, 0.717) is 50.9 Å². The van der Waals surface area contributed by atoms with Crippen LogP contribution in [0.4, 0.5) is 5.69 Å². The quantitative estimate of drug-likeness (QED) is 0.184. The number of anilines is 1. The van der Waals surface area contributed by atoms with Gasteiger partial charge in [-0.05, 0) is 73.0 Å². The second kappa shape index (κ2) is 12.7. The fraction of sp³-hybridized carbons (Fsp3) is 0.171. The maximum atomic E-state index is 13.0. The van der Waals surface area contributed by atoms with E-state index in [-0.39, 0.29) is 11.8 Å². The third-order valence-electron chi connectivity index (χ3n) is 7.12. The van der Waals surface area contributed by atoms with E-state index < -0.39 is 5.97 Å². The molecule has 0 fully saturated rings. The summed E-state index contributed by atoms with van der Waals surface area (Å²) in [6.45, 7) is 5.32. The first-order chi connectivity index (χ1) is 21.2. The smallest absolute Gasteiger partial charge is 0.309 e. The lowest BCUT2D eigenvalue weighted by Crippen LogP contribution is -2.13. The summed E-state index contributed by atoms with van der Waals surface area (Å²) in [5, 5.41) is 7.93. The van der Waals surface area contributed by atoms with Crippen LogP contribution in [-0.4, -0.2) is 43.0 Å². The van der Waals surface area contributed by atoms with Crippen molar-refractivity contribution >= 4 is 17.6 Å². The van der Waals surface area contributed by atoms with Crippen LogP contribution in [0, 0.1) is 13.8 Å². The first-order valence-corrected chi connectivity index (χ1v) is 13.9. The van der Waals surface area contributed by atoms with Crippen LogP contribution in [-0.2, 0) is 4.79 Å². The average Bonchev–Trinajstić information content (AvgIpc) is 3.39. The van der Waals surface area contributed by atoms with E-state index in [2.05, 4.69) is 5.32 Å². The molecule has 0 aliphatic carbocycles. The van der Waals surface area contributed by atoms with Crippen molar-refractivity contribution in [2.45, 2.75) is 20.8 Å². The minimum absolute atomic E-state index is 0.255. The van der Waals surface area contributed by atoms with Gasteiger partial charge in [0, 0.05) is 24.2 Å². The summed E-state index contributed by atoms with van der Waals surface area (Å²) < 4.78 is 24.0. The molecule has 0 aliphatic heterocycles. The second-order valence-corrected chi connectivity index (χ2v) is 10.1. The van der Waals surface area contributed by atoms with Crippen molar-refractivity contribution in [3.8, 4) is 51.2 Å². The Bertz CT molecular complexity index is 1840. The van der Waals surface area contributed by atoms with Gasteiger partial charge in [-0.1, -0.05) is 36.4 Å². The molecule has 1 N–H and O–H groups in total. The number of nitrogens with one attached hydrogen (secondary N) is 1. The van der Waals surface area contributed by atoms with Crippen LogP contribution in [0.1, 0.15) is 28.4 Å². The highest BCUT2D eigenvalue weighted by atomic mass is 16.5. The summed E-state index contributed by atoms with van der Waals surface area (Å²) in [6.07, 6.45) is 0. The SMILES string of the molecule is COc1ccc(-c2nn(-c3cc(C)ccc3C)c(OC(C)=O)c2-c2ccc(NC(=O)c3ccccc3OC)cc2)c(OC)c1. The van der Waals surface area contributed by atoms with Crippen molar-refractivity contribution in [1.29, 1.82) is 0 Å². The zero-order valence-corrected chi connectivity index (χ0v) is 25.4. The second-order valence-electron chi connectivity index (χ2n) is 10.1. The molecule has 224 valence electrons. The van der Waals surface area contributed by atoms with Crippen LogP contribution >= 0.6 is 0 Å². The maximum absolute atomic E-state index is 13.0. The van der Waals surface area contributed by atoms with Gasteiger partial charge in [0.1, 0.15) is 22.9 Å². The van der Waals surface area contributed by atoms with Crippen LogP contribution in [0.2, 0.25) is 0 Å². The molecule has 0 unspecified atom stereocenters.